The lowest BCUT2D eigenvalue weighted by Gasteiger charge is -2.07. The Morgan fingerprint density at radius 3 is 2.88 bits per heavy atom. The molecule has 25 heavy (non-hydrogen) atoms. The summed E-state index contributed by atoms with van der Waals surface area (Å²) < 4.78 is 1.99. The number of oxime groups is 1. The highest BCUT2D eigenvalue weighted by Crippen LogP contribution is 2.28. The van der Waals surface area contributed by atoms with Crippen molar-refractivity contribution >= 4 is 28.1 Å². The number of carbonyl (C=O) groups is 1. The molecule has 2 aromatic heterocycles. The molecular formula is C18H16N4O2S. The average molecular weight is 352 g/mol. The highest BCUT2D eigenvalue weighted by Gasteiger charge is 2.27. The number of carbonyl (C=O) groups excluding carboxylic acids is 1. The maximum absolute atomic E-state index is 12.4. The van der Waals surface area contributed by atoms with Gasteiger partial charge in [0.15, 0.2) is 11.2 Å². The monoisotopic (exact) mass is 352 g/mol. The van der Waals surface area contributed by atoms with E-state index < -0.39 is 0 Å². The van der Waals surface area contributed by atoms with Gasteiger partial charge in [-0.1, -0.05) is 35.5 Å². The summed E-state index contributed by atoms with van der Waals surface area (Å²) in [5, 5.41) is 9.21. The summed E-state index contributed by atoms with van der Waals surface area (Å²) in [6, 6.07) is 13.7. The van der Waals surface area contributed by atoms with Crippen LogP contribution in [0.2, 0.25) is 0 Å². The number of aromatic nitrogens is 2. The number of anilines is 1. The molecule has 3 heterocycles. The summed E-state index contributed by atoms with van der Waals surface area (Å²) in [5.41, 5.74) is 3.22. The molecule has 0 spiro atoms. The van der Waals surface area contributed by atoms with E-state index in [0.29, 0.717) is 17.3 Å². The van der Waals surface area contributed by atoms with Crippen LogP contribution in [0.1, 0.15) is 18.1 Å². The van der Waals surface area contributed by atoms with E-state index in [4.69, 9.17) is 4.84 Å². The van der Waals surface area contributed by atoms with Crippen LogP contribution < -0.4 is 5.32 Å². The standard InChI is InChI=1S/C18H16N4O2S/c1-22-9-5-8-15(22)14-11-25-18(19-14)20-17(23)13-10-16(24-21-13)12-6-3-2-4-7-12/h2-9,11,16H,10H2,1H3,(H,19,20,23)/t16-/m1/s1. The van der Waals surface area contributed by atoms with Crippen LogP contribution in [0.5, 0.6) is 0 Å². The molecule has 1 aliphatic rings. The first kappa shape index (κ1) is 15.6. The van der Waals surface area contributed by atoms with Gasteiger partial charge in [-0.2, -0.15) is 0 Å². The summed E-state index contributed by atoms with van der Waals surface area (Å²) in [4.78, 5) is 22.3. The van der Waals surface area contributed by atoms with Crippen LogP contribution in [0.25, 0.3) is 11.4 Å². The van der Waals surface area contributed by atoms with Gasteiger partial charge in [0.2, 0.25) is 0 Å². The van der Waals surface area contributed by atoms with Crippen molar-refractivity contribution in [3.63, 3.8) is 0 Å². The lowest BCUT2D eigenvalue weighted by atomic mass is 10.0. The van der Waals surface area contributed by atoms with Crippen molar-refractivity contribution in [1.29, 1.82) is 0 Å². The van der Waals surface area contributed by atoms with Crippen LogP contribution in [0.15, 0.2) is 59.2 Å². The van der Waals surface area contributed by atoms with Crippen LogP contribution in [0, 0.1) is 0 Å². The minimum atomic E-state index is -0.272. The topological polar surface area (TPSA) is 68.5 Å². The van der Waals surface area contributed by atoms with Gasteiger partial charge in [-0.25, -0.2) is 4.98 Å². The normalized spacial score (nSPS) is 16.4. The first-order valence-corrected chi connectivity index (χ1v) is 8.75. The number of hydrogen-bond donors (Lipinski definition) is 1. The average Bonchev–Trinajstić information content (AvgIpc) is 3.36. The largest absolute Gasteiger partial charge is 0.387 e. The molecule has 1 aliphatic heterocycles. The molecule has 1 atom stereocenters. The Balaban J connectivity index is 1.42. The number of rotatable bonds is 4. The van der Waals surface area contributed by atoms with Gasteiger partial charge < -0.3 is 9.40 Å². The third-order valence-corrected chi connectivity index (χ3v) is 4.79. The van der Waals surface area contributed by atoms with Gasteiger partial charge in [-0.05, 0) is 17.7 Å². The Morgan fingerprint density at radius 1 is 1.28 bits per heavy atom. The Morgan fingerprint density at radius 2 is 2.12 bits per heavy atom. The van der Waals surface area contributed by atoms with E-state index in [9.17, 15) is 4.79 Å². The van der Waals surface area contributed by atoms with Crippen LogP contribution in [0.3, 0.4) is 0 Å². The minimum absolute atomic E-state index is 0.211. The second kappa shape index (κ2) is 6.52. The summed E-state index contributed by atoms with van der Waals surface area (Å²) in [6.45, 7) is 0. The van der Waals surface area contributed by atoms with Crippen molar-refractivity contribution in [2.24, 2.45) is 12.2 Å². The van der Waals surface area contributed by atoms with Gasteiger partial charge in [0.05, 0.1) is 11.4 Å². The zero-order valence-electron chi connectivity index (χ0n) is 13.5. The van der Waals surface area contributed by atoms with E-state index in [1.54, 1.807) is 0 Å². The summed E-state index contributed by atoms with van der Waals surface area (Å²) >= 11 is 1.39. The molecule has 0 fully saturated rings. The molecule has 1 amide bonds. The Labute approximate surface area is 148 Å². The molecule has 0 saturated heterocycles. The predicted molar refractivity (Wildman–Crippen MR) is 97.5 cm³/mol. The number of thiazole rings is 1. The van der Waals surface area contributed by atoms with Crippen LogP contribution in [0.4, 0.5) is 5.13 Å². The number of benzene rings is 1. The van der Waals surface area contributed by atoms with Crippen molar-refractivity contribution in [2.75, 3.05) is 5.32 Å². The van der Waals surface area contributed by atoms with E-state index in [2.05, 4.69) is 15.5 Å². The second-order valence-electron chi connectivity index (χ2n) is 5.74. The smallest absolute Gasteiger partial charge is 0.275 e. The zero-order chi connectivity index (χ0) is 17.2. The van der Waals surface area contributed by atoms with Gasteiger partial charge in [0.1, 0.15) is 5.71 Å². The molecule has 0 radical (unpaired) electrons. The third-order valence-electron chi connectivity index (χ3n) is 4.03. The molecule has 7 heteroatoms. The zero-order valence-corrected chi connectivity index (χ0v) is 14.4. The van der Waals surface area contributed by atoms with E-state index in [1.165, 1.54) is 11.3 Å². The predicted octanol–water partition coefficient (Wildman–Crippen LogP) is 3.60. The molecule has 4 rings (SSSR count). The van der Waals surface area contributed by atoms with Crippen LogP contribution >= 0.6 is 11.3 Å². The Kier molecular flexibility index (Phi) is 4.07. The van der Waals surface area contributed by atoms with Gasteiger partial charge in [0, 0.05) is 25.0 Å². The number of nitrogens with zero attached hydrogens (tertiary/aromatic N) is 3. The van der Waals surface area contributed by atoms with Crippen molar-refractivity contribution in [2.45, 2.75) is 12.5 Å². The molecule has 3 aromatic rings. The second-order valence-corrected chi connectivity index (χ2v) is 6.60. The van der Waals surface area contributed by atoms with Crippen LogP contribution in [-0.2, 0) is 16.7 Å². The summed E-state index contributed by atoms with van der Waals surface area (Å²) in [7, 11) is 1.96. The van der Waals surface area contributed by atoms with Crippen molar-refractivity contribution in [1.82, 2.24) is 9.55 Å². The quantitative estimate of drug-likeness (QED) is 0.780. The van der Waals surface area contributed by atoms with Gasteiger partial charge in [0.25, 0.3) is 5.91 Å². The molecule has 1 N–H and O–H groups in total. The maximum Gasteiger partial charge on any atom is 0.275 e. The number of aryl methyl sites for hydroxylation is 1. The van der Waals surface area contributed by atoms with Crippen molar-refractivity contribution in [3.05, 3.63) is 59.6 Å². The number of hydrogen-bond acceptors (Lipinski definition) is 5. The molecule has 0 saturated carbocycles. The minimum Gasteiger partial charge on any atom is -0.387 e. The van der Waals surface area contributed by atoms with Gasteiger partial charge in [-0.3, -0.25) is 10.1 Å². The highest BCUT2D eigenvalue weighted by atomic mass is 32.1. The molecule has 6 nitrogen and oxygen atoms in total. The molecule has 126 valence electrons. The molecule has 0 aliphatic carbocycles. The fourth-order valence-corrected chi connectivity index (χ4v) is 3.40. The number of nitrogens with one attached hydrogen (secondary N) is 1. The lowest BCUT2D eigenvalue weighted by molar-refractivity contribution is -0.110. The van der Waals surface area contributed by atoms with Crippen LogP contribution in [-0.4, -0.2) is 21.2 Å². The van der Waals surface area contributed by atoms with E-state index >= 15 is 0 Å². The number of amides is 1. The van der Waals surface area contributed by atoms with Gasteiger partial charge in [-0.15, -0.1) is 11.3 Å². The fraction of sp³-hybridized carbons (Fsp3) is 0.167. The Hall–Kier alpha value is -2.93. The third kappa shape index (κ3) is 3.18. The first-order chi connectivity index (χ1) is 12.2. The fourth-order valence-electron chi connectivity index (χ4n) is 2.70. The van der Waals surface area contributed by atoms with Crippen molar-refractivity contribution in [3.8, 4) is 11.4 Å². The molecular weight excluding hydrogens is 336 g/mol. The Bertz CT molecular complexity index is 929. The highest BCUT2D eigenvalue weighted by molar-refractivity contribution is 7.14. The van der Waals surface area contributed by atoms with E-state index in [0.717, 1.165) is 17.0 Å². The van der Waals surface area contributed by atoms with Gasteiger partial charge >= 0.3 is 0 Å². The summed E-state index contributed by atoms with van der Waals surface area (Å²) in [6.07, 6.45) is 2.20. The van der Waals surface area contributed by atoms with Crippen molar-refractivity contribution < 1.29 is 9.63 Å². The summed E-state index contributed by atoms with van der Waals surface area (Å²) in [5.74, 6) is -0.272. The molecule has 1 aromatic carbocycles. The van der Waals surface area contributed by atoms with E-state index in [1.807, 2.05) is 65.7 Å². The SMILES string of the molecule is Cn1cccc1-c1csc(NC(=O)C2=NO[C@@H](c3ccccc3)C2)n1. The lowest BCUT2D eigenvalue weighted by Crippen LogP contribution is -2.21. The maximum atomic E-state index is 12.4. The van der Waals surface area contributed by atoms with E-state index in [-0.39, 0.29) is 12.0 Å². The first-order valence-electron chi connectivity index (χ1n) is 7.87. The molecule has 0 unspecified atom stereocenters. The molecule has 0 bridgehead atoms.